The first-order valence-corrected chi connectivity index (χ1v) is 7.28. The van der Waals surface area contributed by atoms with Gasteiger partial charge in [-0.25, -0.2) is 9.10 Å². The van der Waals surface area contributed by atoms with Crippen LogP contribution in [0.15, 0.2) is 42.5 Å². The first kappa shape index (κ1) is 13.0. The predicted octanol–water partition coefficient (Wildman–Crippen LogP) is 2.88. The molecule has 102 valence electrons. The molecule has 0 atom stereocenters. The molecule has 0 radical (unpaired) electrons. The minimum atomic E-state index is -0.236. The van der Waals surface area contributed by atoms with Gasteiger partial charge in [-0.2, -0.15) is 0 Å². The van der Waals surface area contributed by atoms with Crippen molar-refractivity contribution >= 4 is 34.7 Å². The summed E-state index contributed by atoms with van der Waals surface area (Å²) in [6.07, 6.45) is 0. The molecule has 0 N–H and O–H groups in total. The Morgan fingerprint density at radius 1 is 1.10 bits per heavy atom. The second-order valence-electron chi connectivity index (χ2n) is 4.74. The lowest BCUT2D eigenvalue weighted by molar-refractivity contribution is -0.121. The van der Waals surface area contributed by atoms with Crippen LogP contribution >= 0.6 is 11.9 Å². The SMILES string of the molecule is CN1CC(=O)N(SCc2cccc3ccccc23)C1=O. The lowest BCUT2D eigenvalue weighted by atomic mass is 10.1. The van der Waals surface area contributed by atoms with Gasteiger partial charge in [-0.3, -0.25) is 4.79 Å². The van der Waals surface area contributed by atoms with Crippen molar-refractivity contribution in [1.82, 2.24) is 9.21 Å². The zero-order valence-electron chi connectivity index (χ0n) is 11.1. The fourth-order valence-corrected chi connectivity index (χ4v) is 3.25. The summed E-state index contributed by atoms with van der Waals surface area (Å²) in [6, 6.07) is 14.0. The molecule has 0 aliphatic carbocycles. The molecule has 1 heterocycles. The number of imide groups is 1. The number of amides is 3. The monoisotopic (exact) mass is 286 g/mol. The zero-order chi connectivity index (χ0) is 14.1. The summed E-state index contributed by atoms with van der Waals surface area (Å²) in [7, 11) is 1.64. The van der Waals surface area contributed by atoms with Crippen LogP contribution in [-0.4, -0.2) is 34.7 Å². The highest BCUT2D eigenvalue weighted by atomic mass is 32.2. The Balaban J connectivity index is 1.81. The van der Waals surface area contributed by atoms with Crippen molar-refractivity contribution in [3.8, 4) is 0 Å². The van der Waals surface area contributed by atoms with Crippen LogP contribution in [0.3, 0.4) is 0 Å². The number of urea groups is 1. The van der Waals surface area contributed by atoms with Crippen LogP contribution in [0.25, 0.3) is 10.8 Å². The van der Waals surface area contributed by atoms with E-state index in [0.29, 0.717) is 5.75 Å². The molecule has 3 rings (SSSR count). The van der Waals surface area contributed by atoms with Gasteiger partial charge in [-0.1, -0.05) is 42.5 Å². The van der Waals surface area contributed by atoms with Crippen LogP contribution in [0.1, 0.15) is 5.56 Å². The highest BCUT2D eigenvalue weighted by Gasteiger charge is 2.34. The molecule has 0 spiro atoms. The third-order valence-corrected chi connectivity index (χ3v) is 4.39. The third kappa shape index (κ3) is 2.25. The van der Waals surface area contributed by atoms with E-state index in [9.17, 15) is 9.59 Å². The Labute approximate surface area is 121 Å². The fraction of sp³-hybridized carbons (Fsp3) is 0.200. The number of benzene rings is 2. The van der Waals surface area contributed by atoms with Crippen molar-refractivity contribution in [2.75, 3.05) is 13.6 Å². The van der Waals surface area contributed by atoms with E-state index in [2.05, 4.69) is 18.2 Å². The van der Waals surface area contributed by atoms with Crippen molar-refractivity contribution in [3.05, 3.63) is 48.0 Å². The summed E-state index contributed by atoms with van der Waals surface area (Å²) in [5.74, 6) is 0.454. The van der Waals surface area contributed by atoms with E-state index in [0.717, 1.165) is 10.9 Å². The minimum Gasteiger partial charge on any atom is -0.317 e. The Morgan fingerprint density at radius 3 is 2.60 bits per heavy atom. The molecule has 0 aromatic heterocycles. The maximum absolute atomic E-state index is 11.8. The van der Waals surface area contributed by atoms with Gasteiger partial charge in [-0.05, 0) is 28.3 Å². The molecule has 1 aliphatic heterocycles. The van der Waals surface area contributed by atoms with Crippen molar-refractivity contribution < 1.29 is 9.59 Å². The van der Waals surface area contributed by atoms with E-state index in [1.807, 2.05) is 24.3 Å². The Morgan fingerprint density at radius 2 is 1.85 bits per heavy atom. The quantitative estimate of drug-likeness (QED) is 0.643. The number of carbonyl (C=O) groups excluding carboxylic acids is 2. The summed E-state index contributed by atoms with van der Waals surface area (Å²) >= 11 is 1.26. The first-order chi connectivity index (χ1) is 9.66. The van der Waals surface area contributed by atoms with Crippen molar-refractivity contribution in [2.45, 2.75) is 5.75 Å². The largest absolute Gasteiger partial charge is 0.337 e. The van der Waals surface area contributed by atoms with E-state index >= 15 is 0 Å². The normalized spacial score (nSPS) is 15.4. The van der Waals surface area contributed by atoms with Crippen LogP contribution in [0.2, 0.25) is 0 Å². The second-order valence-corrected chi connectivity index (χ2v) is 5.65. The minimum absolute atomic E-state index is 0.150. The molecule has 5 heteroatoms. The van der Waals surface area contributed by atoms with Crippen LogP contribution in [0, 0.1) is 0 Å². The summed E-state index contributed by atoms with van der Waals surface area (Å²) in [5, 5.41) is 2.33. The van der Waals surface area contributed by atoms with Crippen LogP contribution in [-0.2, 0) is 10.5 Å². The Hall–Kier alpha value is -2.01. The lowest BCUT2D eigenvalue weighted by Gasteiger charge is -2.13. The fourth-order valence-electron chi connectivity index (χ4n) is 2.28. The molecule has 2 aromatic rings. The van der Waals surface area contributed by atoms with Crippen molar-refractivity contribution in [2.24, 2.45) is 0 Å². The van der Waals surface area contributed by atoms with Gasteiger partial charge in [0, 0.05) is 12.8 Å². The van der Waals surface area contributed by atoms with Crippen LogP contribution in [0.5, 0.6) is 0 Å². The van der Waals surface area contributed by atoms with Crippen molar-refractivity contribution in [1.29, 1.82) is 0 Å². The molecule has 0 unspecified atom stereocenters. The molecule has 2 aromatic carbocycles. The van der Waals surface area contributed by atoms with Gasteiger partial charge in [-0.15, -0.1) is 0 Å². The summed E-state index contributed by atoms with van der Waals surface area (Å²) in [6.45, 7) is 0.168. The molecule has 1 fully saturated rings. The maximum Gasteiger partial charge on any atom is 0.337 e. The number of nitrogens with zero attached hydrogens (tertiary/aromatic N) is 2. The number of hydrogen-bond donors (Lipinski definition) is 0. The number of fused-ring (bicyclic) bond motifs is 1. The third-order valence-electron chi connectivity index (χ3n) is 3.33. The van der Waals surface area contributed by atoms with E-state index < -0.39 is 0 Å². The van der Waals surface area contributed by atoms with Crippen LogP contribution in [0.4, 0.5) is 4.79 Å². The van der Waals surface area contributed by atoms with Gasteiger partial charge in [0.1, 0.15) is 6.54 Å². The zero-order valence-corrected chi connectivity index (χ0v) is 11.9. The van der Waals surface area contributed by atoms with Crippen molar-refractivity contribution in [3.63, 3.8) is 0 Å². The lowest BCUT2D eigenvalue weighted by Crippen LogP contribution is -2.25. The predicted molar refractivity (Wildman–Crippen MR) is 80.1 cm³/mol. The number of carbonyl (C=O) groups is 2. The molecular formula is C15H14N2O2S. The average molecular weight is 286 g/mol. The standard InChI is InChI=1S/C15H14N2O2S/c1-16-9-14(18)17(15(16)19)20-10-12-7-4-6-11-5-2-3-8-13(11)12/h2-8H,9-10H2,1H3. The average Bonchev–Trinajstić information content (AvgIpc) is 2.70. The molecule has 1 saturated heterocycles. The molecule has 4 nitrogen and oxygen atoms in total. The summed E-state index contributed by atoms with van der Waals surface area (Å²) < 4.78 is 1.25. The topological polar surface area (TPSA) is 40.6 Å². The molecular weight excluding hydrogens is 272 g/mol. The highest BCUT2D eigenvalue weighted by Crippen LogP contribution is 2.27. The molecule has 0 saturated carbocycles. The smallest absolute Gasteiger partial charge is 0.317 e. The first-order valence-electron chi connectivity index (χ1n) is 6.34. The van der Waals surface area contributed by atoms with Crippen LogP contribution < -0.4 is 0 Å². The van der Waals surface area contributed by atoms with Gasteiger partial charge in [0.05, 0.1) is 0 Å². The van der Waals surface area contributed by atoms with E-state index in [4.69, 9.17) is 0 Å². The van der Waals surface area contributed by atoms with Gasteiger partial charge in [0.25, 0.3) is 5.91 Å². The summed E-state index contributed by atoms with van der Waals surface area (Å²) in [5.41, 5.74) is 1.13. The van der Waals surface area contributed by atoms with E-state index in [1.54, 1.807) is 7.05 Å². The Bertz CT molecular complexity index is 681. The van der Waals surface area contributed by atoms with Gasteiger partial charge < -0.3 is 4.90 Å². The van der Waals surface area contributed by atoms with E-state index in [-0.39, 0.29) is 18.5 Å². The van der Waals surface area contributed by atoms with Gasteiger partial charge in [0.15, 0.2) is 0 Å². The molecule has 1 aliphatic rings. The number of hydrogen-bond acceptors (Lipinski definition) is 3. The second kappa shape index (κ2) is 5.17. The molecule has 20 heavy (non-hydrogen) atoms. The molecule has 0 bridgehead atoms. The van der Waals surface area contributed by atoms with E-state index in [1.165, 1.54) is 26.5 Å². The summed E-state index contributed by atoms with van der Waals surface area (Å²) in [4.78, 5) is 25.0. The van der Waals surface area contributed by atoms with Gasteiger partial charge >= 0.3 is 6.03 Å². The van der Waals surface area contributed by atoms with Gasteiger partial charge in [0.2, 0.25) is 0 Å². The highest BCUT2D eigenvalue weighted by molar-refractivity contribution is 7.97. The Kier molecular flexibility index (Phi) is 3.36. The number of likely N-dealkylation sites (N-methyl/N-ethyl adjacent to an activating group) is 1. The maximum atomic E-state index is 11.8. The number of rotatable bonds is 3. The molecule has 3 amide bonds.